The van der Waals surface area contributed by atoms with E-state index in [1.54, 1.807) is 18.3 Å². The van der Waals surface area contributed by atoms with Gasteiger partial charge in [0, 0.05) is 5.56 Å². The molecule has 0 bridgehead atoms. The first-order valence-electron chi connectivity index (χ1n) is 4.53. The molecule has 1 aromatic carbocycles. The monoisotopic (exact) mass is 237 g/mol. The van der Waals surface area contributed by atoms with Gasteiger partial charge < -0.3 is 5.11 Å². The van der Waals surface area contributed by atoms with Crippen molar-refractivity contribution in [3.05, 3.63) is 35.5 Å². The maximum atomic E-state index is 10.5. The number of nitrogens with zero attached hydrogens (tertiary/aromatic N) is 3. The highest BCUT2D eigenvalue weighted by Crippen LogP contribution is 2.24. The van der Waals surface area contributed by atoms with Crippen LogP contribution in [-0.2, 0) is 11.3 Å². The maximum absolute atomic E-state index is 10.5. The van der Waals surface area contributed by atoms with Crippen LogP contribution in [-0.4, -0.2) is 26.1 Å². The van der Waals surface area contributed by atoms with Crippen molar-refractivity contribution in [1.29, 1.82) is 0 Å². The zero-order valence-electron chi connectivity index (χ0n) is 8.17. The third-order valence-electron chi connectivity index (χ3n) is 1.99. The Morgan fingerprint density at radius 2 is 2.19 bits per heavy atom. The number of hydrogen-bond donors (Lipinski definition) is 1. The van der Waals surface area contributed by atoms with Gasteiger partial charge in [0.15, 0.2) is 0 Å². The van der Waals surface area contributed by atoms with Gasteiger partial charge in [-0.25, -0.2) is 4.68 Å². The van der Waals surface area contributed by atoms with Gasteiger partial charge in [0.1, 0.15) is 12.2 Å². The molecular weight excluding hydrogens is 230 g/mol. The summed E-state index contributed by atoms with van der Waals surface area (Å²) in [4.78, 5) is 10.5. The minimum Gasteiger partial charge on any atom is -0.480 e. The lowest BCUT2D eigenvalue weighted by Gasteiger charge is -1.97. The molecule has 5 nitrogen and oxygen atoms in total. The highest BCUT2D eigenvalue weighted by Gasteiger charge is 2.08. The number of carbonyl (C=O) groups is 1. The number of hydrogen-bond acceptors (Lipinski definition) is 3. The molecule has 0 aliphatic carbocycles. The summed E-state index contributed by atoms with van der Waals surface area (Å²) in [6.07, 6.45) is 1.55. The van der Waals surface area contributed by atoms with Gasteiger partial charge in [-0.15, -0.1) is 5.10 Å². The summed E-state index contributed by atoms with van der Waals surface area (Å²) in [7, 11) is 0. The average molecular weight is 238 g/mol. The molecule has 0 atom stereocenters. The standard InChI is InChI=1S/C10H8ClN3O2/c11-8-4-2-1-3-7(8)9-5-14(13-12-9)6-10(15)16/h1-5H,6H2,(H,15,16). The number of aliphatic carboxylic acids is 1. The van der Waals surface area contributed by atoms with Crippen molar-refractivity contribution in [2.75, 3.05) is 0 Å². The lowest BCUT2D eigenvalue weighted by atomic mass is 10.2. The Bertz CT molecular complexity index is 524. The zero-order valence-corrected chi connectivity index (χ0v) is 8.92. The summed E-state index contributed by atoms with van der Waals surface area (Å²) in [6.45, 7) is -0.211. The number of carboxylic acid groups (broad SMARTS) is 1. The molecule has 6 heteroatoms. The van der Waals surface area contributed by atoms with Crippen LogP contribution in [0.3, 0.4) is 0 Å². The van der Waals surface area contributed by atoms with Gasteiger partial charge in [-0.3, -0.25) is 4.79 Å². The molecule has 16 heavy (non-hydrogen) atoms. The van der Waals surface area contributed by atoms with Crippen LogP contribution >= 0.6 is 11.6 Å². The molecule has 82 valence electrons. The smallest absolute Gasteiger partial charge is 0.325 e. The molecule has 0 amide bonds. The van der Waals surface area contributed by atoms with E-state index in [-0.39, 0.29) is 6.54 Å². The van der Waals surface area contributed by atoms with Gasteiger partial charge in [0.05, 0.1) is 11.2 Å². The Balaban J connectivity index is 2.32. The van der Waals surface area contributed by atoms with E-state index in [1.165, 1.54) is 4.68 Å². The van der Waals surface area contributed by atoms with E-state index < -0.39 is 5.97 Å². The van der Waals surface area contributed by atoms with Crippen molar-refractivity contribution >= 4 is 17.6 Å². The van der Waals surface area contributed by atoms with Crippen molar-refractivity contribution in [2.45, 2.75) is 6.54 Å². The Labute approximate surface area is 96.3 Å². The summed E-state index contributed by atoms with van der Waals surface area (Å²) in [5.74, 6) is -0.962. The highest BCUT2D eigenvalue weighted by molar-refractivity contribution is 6.33. The molecule has 2 rings (SSSR count). The van der Waals surface area contributed by atoms with Crippen LogP contribution in [0.25, 0.3) is 11.3 Å². The summed E-state index contributed by atoms with van der Waals surface area (Å²) in [6, 6.07) is 7.19. The van der Waals surface area contributed by atoms with Gasteiger partial charge in [-0.1, -0.05) is 35.0 Å². The second-order valence-corrected chi connectivity index (χ2v) is 3.58. The van der Waals surface area contributed by atoms with Crippen molar-refractivity contribution in [3.8, 4) is 11.3 Å². The Kier molecular flexibility index (Phi) is 2.87. The van der Waals surface area contributed by atoms with Gasteiger partial charge >= 0.3 is 5.97 Å². The molecule has 1 aromatic heterocycles. The van der Waals surface area contributed by atoms with Crippen molar-refractivity contribution in [2.24, 2.45) is 0 Å². The molecule has 0 fully saturated rings. The number of aromatic nitrogens is 3. The zero-order chi connectivity index (χ0) is 11.5. The molecule has 0 radical (unpaired) electrons. The Hall–Kier alpha value is -1.88. The van der Waals surface area contributed by atoms with Crippen LogP contribution in [0.5, 0.6) is 0 Å². The first kappa shape index (κ1) is 10.6. The number of benzene rings is 1. The third-order valence-corrected chi connectivity index (χ3v) is 2.32. The predicted molar refractivity (Wildman–Crippen MR) is 58.1 cm³/mol. The van der Waals surface area contributed by atoms with Crippen molar-refractivity contribution in [1.82, 2.24) is 15.0 Å². The number of rotatable bonds is 3. The first-order valence-corrected chi connectivity index (χ1v) is 4.91. The van der Waals surface area contributed by atoms with Gasteiger partial charge in [-0.05, 0) is 6.07 Å². The van der Waals surface area contributed by atoms with E-state index >= 15 is 0 Å². The third kappa shape index (κ3) is 2.20. The maximum Gasteiger partial charge on any atom is 0.325 e. The molecule has 0 saturated heterocycles. The van der Waals surface area contributed by atoms with Crippen molar-refractivity contribution < 1.29 is 9.90 Å². The topological polar surface area (TPSA) is 68.0 Å². The quantitative estimate of drug-likeness (QED) is 0.882. The normalized spacial score (nSPS) is 10.3. The molecule has 0 unspecified atom stereocenters. The lowest BCUT2D eigenvalue weighted by molar-refractivity contribution is -0.137. The Morgan fingerprint density at radius 1 is 1.44 bits per heavy atom. The van der Waals surface area contributed by atoms with E-state index in [4.69, 9.17) is 16.7 Å². The second kappa shape index (κ2) is 4.32. The molecule has 0 spiro atoms. The number of carboxylic acids is 1. The molecule has 2 aromatic rings. The van der Waals surface area contributed by atoms with Crippen LogP contribution < -0.4 is 0 Å². The van der Waals surface area contributed by atoms with E-state index in [0.717, 1.165) is 5.56 Å². The van der Waals surface area contributed by atoms with Gasteiger partial charge in [0.25, 0.3) is 0 Å². The fraction of sp³-hybridized carbons (Fsp3) is 0.100. The molecule has 1 heterocycles. The lowest BCUT2D eigenvalue weighted by Crippen LogP contribution is -2.08. The van der Waals surface area contributed by atoms with Crippen LogP contribution in [0.2, 0.25) is 5.02 Å². The Morgan fingerprint density at radius 3 is 2.88 bits per heavy atom. The minimum absolute atomic E-state index is 0.211. The highest BCUT2D eigenvalue weighted by atomic mass is 35.5. The summed E-state index contributed by atoms with van der Waals surface area (Å²) >= 11 is 5.98. The van der Waals surface area contributed by atoms with Crippen LogP contribution in [0.15, 0.2) is 30.5 Å². The largest absolute Gasteiger partial charge is 0.480 e. The fourth-order valence-corrected chi connectivity index (χ4v) is 1.54. The van der Waals surface area contributed by atoms with Gasteiger partial charge in [-0.2, -0.15) is 0 Å². The van der Waals surface area contributed by atoms with E-state index in [0.29, 0.717) is 10.7 Å². The average Bonchev–Trinajstić information content (AvgIpc) is 2.66. The molecule has 0 saturated carbocycles. The van der Waals surface area contributed by atoms with Crippen LogP contribution in [0.1, 0.15) is 0 Å². The summed E-state index contributed by atoms with van der Waals surface area (Å²) in [5, 5.41) is 16.7. The molecule has 0 aliphatic heterocycles. The van der Waals surface area contributed by atoms with Crippen molar-refractivity contribution in [3.63, 3.8) is 0 Å². The van der Waals surface area contributed by atoms with Gasteiger partial charge in [0.2, 0.25) is 0 Å². The molecular formula is C10H8ClN3O2. The molecule has 1 N–H and O–H groups in total. The number of halogens is 1. The molecule has 0 aliphatic rings. The second-order valence-electron chi connectivity index (χ2n) is 3.17. The summed E-state index contributed by atoms with van der Waals surface area (Å²) in [5.41, 5.74) is 1.30. The summed E-state index contributed by atoms with van der Waals surface area (Å²) < 4.78 is 1.25. The van der Waals surface area contributed by atoms with E-state index in [2.05, 4.69) is 10.3 Å². The minimum atomic E-state index is -0.962. The van der Waals surface area contributed by atoms with E-state index in [1.807, 2.05) is 12.1 Å². The fourth-order valence-electron chi connectivity index (χ4n) is 1.31. The van der Waals surface area contributed by atoms with Crippen LogP contribution in [0.4, 0.5) is 0 Å². The van der Waals surface area contributed by atoms with Crippen LogP contribution in [0, 0.1) is 0 Å². The first-order chi connectivity index (χ1) is 7.66. The SMILES string of the molecule is O=C(O)Cn1cc(-c2ccccc2Cl)nn1. The van der Waals surface area contributed by atoms with E-state index in [9.17, 15) is 4.79 Å². The predicted octanol–water partition coefficient (Wildman–Crippen LogP) is 1.68.